The Labute approximate surface area is 267 Å². The number of nitrogens with one attached hydrogen (secondary N) is 2. The van der Waals surface area contributed by atoms with Crippen molar-refractivity contribution in [3.63, 3.8) is 0 Å². The fourth-order valence-corrected chi connectivity index (χ4v) is 5.24. The number of likely N-dealkylation sites (N-methyl/N-ethyl adjacent to an activating group) is 1. The molecule has 0 saturated carbocycles. The van der Waals surface area contributed by atoms with Crippen LogP contribution in [0.15, 0.2) is 76.8 Å². The van der Waals surface area contributed by atoms with E-state index in [-0.39, 0.29) is 47.8 Å². The number of hydrogen-bond donors (Lipinski definition) is 3. The topological polar surface area (TPSA) is 150 Å². The molecular weight excluding hydrogens is 588 g/mol. The van der Waals surface area contributed by atoms with E-state index >= 15 is 0 Å². The number of pyridine rings is 1. The van der Waals surface area contributed by atoms with Gasteiger partial charge in [-0.05, 0) is 82.9 Å². The number of nitroso groups, excluding NO2 is 1. The molecule has 1 amide bonds. The summed E-state index contributed by atoms with van der Waals surface area (Å²) in [6.07, 6.45) is 4.20. The van der Waals surface area contributed by atoms with Gasteiger partial charge < -0.3 is 29.8 Å². The van der Waals surface area contributed by atoms with E-state index in [1.54, 1.807) is 50.7 Å². The molecule has 4 aromatic rings. The van der Waals surface area contributed by atoms with Gasteiger partial charge >= 0.3 is 5.97 Å². The van der Waals surface area contributed by atoms with Crippen LogP contribution in [0, 0.1) is 4.91 Å². The Hall–Kier alpha value is -5.19. The van der Waals surface area contributed by atoms with Crippen LogP contribution in [0.2, 0.25) is 0 Å². The maximum Gasteiger partial charge on any atom is 0.305 e. The first-order valence-electron chi connectivity index (χ1n) is 15.3. The number of aromatic amines is 1. The Kier molecular flexibility index (Phi) is 11.5. The van der Waals surface area contributed by atoms with Crippen LogP contribution < -0.4 is 15.6 Å². The zero-order valence-electron chi connectivity index (χ0n) is 26.5. The molecule has 0 fully saturated rings. The molecule has 0 spiro atoms. The number of benzene rings is 3. The lowest BCUT2D eigenvalue weighted by atomic mass is 9.92. The molecular formula is C35H40N4O7. The van der Waals surface area contributed by atoms with E-state index in [9.17, 15) is 24.4 Å². The molecule has 242 valence electrons. The minimum atomic E-state index is -0.924. The summed E-state index contributed by atoms with van der Waals surface area (Å²) < 4.78 is 11.1. The molecule has 3 aromatic carbocycles. The maximum absolute atomic E-state index is 14.1. The lowest BCUT2D eigenvalue weighted by Crippen LogP contribution is -2.35. The van der Waals surface area contributed by atoms with Crippen LogP contribution in [-0.4, -0.2) is 47.6 Å². The number of phenolic OH excluding ortho intramolecular Hbond substituents is 1. The number of unbranched alkanes of at least 4 members (excludes halogenated alkanes) is 1. The predicted molar refractivity (Wildman–Crippen MR) is 177 cm³/mol. The van der Waals surface area contributed by atoms with Crippen molar-refractivity contribution in [3.05, 3.63) is 98.8 Å². The molecule has 2 atom stereocenters. The van der Waals surface area contributed by atoms with Crippen molar-refractivity contribution >= 4 is 34.0 Å². The number of esters is 1. The zero-order chi connectivity index (χ0) is 33.2. The van der Waals surface area contributed by atoms with Gasteiger partial charge in [-0.25, -0.2) is 0 Å². The number of methoxy groups -OCH3 is 1. The summed E-state index contributed by atoms with van der Waals surface area (Å²) in [4.78, 5) is 54.0. The van der Waals surface area contributed by atoms with Gasteiger partial charge in [0.25, 0.3) is 5.56 Å². The van der Waals surface area contributed by atoms with Crippen molar-refractivity contribution in [1.82, 2.24) is 9.88 Å². The molecule has 4 rings (SSSR count). The third-order valence-electron chi connectivity index (χ3n) is 7.95. The minimum absolute atomic E-state index is 0.00417. The highest BCUT2D eigenvalue weighted by molar-refractivity contribution is 5.89. The predicted octanol–water partition coefficient (Wildman–Crippen LogP) is 6.68. The van der Waals surface area contributed by atoms with E-state index in [1.165, 1.54) is 23.1 Å². The highest BCUT2D eigenvalue weighted by atomic mass is 16.5. The fourth-order valence-electron chi connectivity index (χ4n) is 5.24. The standard InChI is InChI=1S/C35H40N4O7/c1-5-6-17-46-32(41)14-7-22(2)28-12-9-24(19-31(28)45-4)33(37-26-10-8-23-15-16-36-34(42)29(23)20-26)35(43)39(3)21-25-18-27(38-44)11-13-30(25)40/h8-13,15-16,18-20,22,33,37,40H,5-7,14,17,21H2,1-4H3,(H,36,42)/t22-,33?/m0/s1. The molecule has 0 aliphatic carbocycles. The summed E-state index contributed by atoms with van der Waals surface area (Å²) in [5.74, 6) is -0.114. The average molecular weight is 629 g/mol. The maximum atomic E-state index is 14.1. The summed E-state index contributed by atoms with van der Waals surface area (Å²) in [7, 11) is 3.15. The van der Waals surface area contributed by atoms with Crippen molar-refractivity contribution in [2.24, 2.45) is 5.18 Å². The first kappa shape index (κ1) is 33.7. The largest absolute Gasteiger partial charge is 0.508 e. The molecule has 11 nitrogen and oxygen atoms in total. The van der Waals surface area contributed by atoms with Gasteiger partial charge in [-0.2, -0.15) is 0 Å². The van der Waals surface area contributed by atoms with Gasteiger partial charge in [0, 0.05) is 42.8 Å². The average Bonchev–Trinajstić information content (AvgIpc) is 3.06. The molecule has 46 heavy (non-hydrogen) atoms. The van der Waals surface area contributed by atoms with Crippen molar-refractivity contribution in [2.75, 3.05) is 26.1 Å². The summed E-state index contributed by atoms with van der Waals surface area (Å²) in [6, 6.07) is 15.8. The number of nitrogens with zero attached hydrogens (tertiary/aromatic N) is 2. The third kappa shape index (κ3) is 8.29. The van der Waals surface area contributed by atoms with Gasteiger partial charge in [0.1, 0.15) is 23.2 Å². The molecule has 0 saturated heterocycles. The number of rotatable bonds is 15. The zero-order valence-corrected chi connectivity index (χ0v) is 26.5. The number of fused-ring (bicyclic) bond motifs is 1. The number of H-pyrrole nitrogens is 1. The van der Waals surface area contributed by atoms with Crippen LogP contribution in [0.25, 0.3) is 10.8 Å². The van der Waals surface area contributed by atoms with Crippen molar-refractivity contribution < 1.29 is 24.2 Å². The molecule has 0 bridgehead atoms. The van der Waals surface area contributed by atoms with Gasteiger partial charge in [-0.1, -0.05) is 38.5 Å². The Balaban J connectivity index is 1.64. The molecule has 0 aliphatic rings. The first-order chi connectivity index (χ1) is 22.1. The monoisotopic (exact) mass is 628 g/mol. The Morgan fingerprint density at radius 3 is 2.63 bits per heavy atom. The Bertz CT molecular complexity index is 1750. The smallest absolute Gasteiger partial charge is 0.305 e. The quantitative estimate of drug-likeness (QED) is 0.0750. The van der Waals surface area contributed by atoms with Crippen molar-refractivity contribution in [3.8, 4) is 11.5 Å². The second kappa shape index (κ2) is 15.7. The lowest BCUT2D eigenvalue weighted by Gasteiger charge is -2.27. The van der Waals surface area contributed by atoms with Crippen LogP contribution in [0.4, 0.5) is 11.4 Å². The van der Waals surface area contributed by atoms with Crippen LogP contribution >= 0.6 is 0 Å². The van der Waals surface area contributed by atoms with E-state index in [0.717, 1.165) is 23.8 Å². The number of carbonyl (C=O) groups is 2. The molecule has 11 heteroatoms. The lowest BCUT2D eigenvalue weighted by molar-refractivity contribution is -0.144. The minimum Gasteiger partial charge on any atom is -0.508 e. The highest BCUT2D eigenvalue weighted by Crippen LogP contribution is 2.34. The van der Waals surface area contributed by atoms with Gasteiger partial charge in [0.05, 0.1) is 13.7 Å². The number of anilines is 1. The molecule has 0 aliphatic heterocycles. The SMILES string of the molecule is CCCCOC(=O)CC[C@H](C)c1ccc(C(Nc2ccc3cc[nH]c(=O)c3c2)C(=O)N(C)Cc2cc(N=O)ccc2O)cc1OC. The molecule has 1 heterocycles. The summed E-state index contributed by atoms with van der Waals surface area (Å²) in [5.41, 5.74) is 2.26. The molecule has 1 unspecified atom stereocenters. The molecule has 1 aromatic heterocycles. The summed E-state index contributed by atoms with van der Waals surface area (Å²) >= 11 is 0. The second-order valence-electron chi connectivity index (χ2n) is 11.3. The number of phenols is 1. The number of hydrogen-bond acceptors (Lipinski definition) is 9. The van der Waals surface area contributed by atoms with Crippen LogP contribution in [0.5, 0.6) is 11.5 Å². The van der Waals surface area contributed by atoms with E-state index in [0.29, 0.717) is 41.0 Å². The molecule has 3 N–H and O–H groups in total. The van der Waals surface area contributed by atoms with Crippen LogP contribution in [0.3, 0.4) is 0 Å². The Morgan fingerprint density at radius 2 is 1.89 bits per heavy atom. The second-order valence-corrected chi connectivity index (χ2v) is 11.3. The number of ether oxygens (including phenoxy) is 2. The van der Waals surface area contributed by atoms with Crippen molar-refractivity contribution in [1.29, 1.82) is 0 Å². The van der Waals surface area contributed by atoms with E-state index in [2.05, 4.69) is 15.5 Å². The van der Waals surface area contributed by atoms with E-state index in [4.69, 9.17) is 9.47 Å². The van der Waals surface area contributed by atoms with E-state index < -0.39 is 6.04 Å². The number of amides is 1. The number of aromatic hydroxyl groups is 1. The Morgan fingerprint density at radius 1 is 1.09 bits per heavy atom. The van der Waals surface area contributed by atoms with Gasteiger partial charge in [-0.15, -0.1) is 4.91 Å². The number of carbonyl (C=O) groups excluding carboxylic acids is 2. The first-order valence-corrected chi connectivity index (χ1v) is 15.3. The normalized spacial score (nSPS) is 12.3. The van der Waals surface area contributed by atoms with Crippen LogP contribution in [0.1, 0.15) is 68.2 Å². The van der Waals surface area contributed by atoms with Gasteiger partial charge in [-0.3, -0.25) is 14.4 Å². The van der Waals surface area contributed by atoms with Crippen LogP contribution in [-0.2, 0) is 20.9 Å². The fraction of sp³-hybridized carbons (Fsp3) is 0.343. The number of aromatic nitrogens is 1. The summed E-state index contributed by atoms with van der Waals surface area (Å²) in [6.45, 7) is 4.47. The van der Waals surface area contributed by atoms with Gasteiger partial charge in [0.15, 0.2) is 0 Å². The molecule has 0 radical (unpaired) electrons. The van der Waals surface area contributed by atoms with Gasteiger partial charge in [0.2, 0.25) is 5.91 Å². The van der Waals surface area contributed by atoms with E-state index in [1.807, 2.05) is 26.0 Å². The van der Waals surface area contributed by atoms with Crippen molar-refractivity contribution in [2.45, 2.75) is 58.0 Å². The highest BCUT2D eigenvalue weighted by Gasteiger charge is 2.27. The third-order valence-corrected chi connectivity index (χ3v) is 7.95. The summed E-state index contributed by atoms with van der Waals surface area (Å²) in [5, 5.41) is 17.8.